The van der Waals surface area contributed by atoms with Crippen molar-refractivity contribution >= 4 is 34.0 Å². The summed E-state index contributed by atoms with van der Waals surface area (Å²) in [6.07, 6.45) is 1.02. The van der Waals surface area contributed by atoms with Gasteiger partial charge in [0.05, 0.1) is 0 Å². The minimum atomic E-state index is 0.788. The van der Waals surface area contributed by atoms with Gasteiger partial charge in [0.25, 0.3) is 0 Å². The van der Waals surface area contributed by atoms with Crippen molar-refractivity contribution in [2.45, 2.75) is 13.0 Å². The van der Waals surface area contributed by atoms with Gasteiger partial charge in [-0.25, -0.2) is 0 Å². The predicted octanol–water partition coefficient (Wildman–Crippen LogP) is 3.79. The Labute approximate surface area is 104 Å². The van der Waals surface area contributed by atoms with Gasteiger partial charge in [-0.15, -0.1) is 0 Å². The van der Waals surface area contributed by atoms with Gasteiger partial charge in [-0.2, -0.15) is 0 Å². The largest absolute Gasteiger partial charge is 0.312 e. The molecule has 1 N–H and O–H groups in total. The Morgan fingerprint density at radius 3 is 2.81 bits per heavy atom. The molecule has 0 aliphatic carbocycles. The van der Waals surface area contributed by atoms with Crippen molar-refractivity contribution in [3.63, 3.8) is 0 Å². The van der Waals surface area contributed by atoms with Crippen LogP contribution in [0.3, 0.4) is 0 Å². The topological polar surface area (TPSA) is 12.0 Å². The van der Waals surface area contributed by atoms with E-state index in [0.29, 0.717) is 0 Å². The van der Waals surface area contributed by atoms with Crippen LogP contribution in [0.5, 0.6) is 0 Å². The summed E-state index contributed by atoms with van der Waals surface area (Å²) in [5, 5.41) is 7.41. The number of rotatable bonds is 0. The Balaban J connectivity index is 2.38. The highest BCUT2D eigenvalue weighted by Gasteiger charge is 2.15. The van der Waals surface area contributed by atoms with Crippen LogP contribution in [0.15, 0.2) is 24.3 Å². The van der Waals surface area contributed by atoms with Crippen LogP contribution in [-0.4, -0.2) is 6.54 Å². The number of nitrogens with one attached hydrogen (secondary N) is 1. The first-order valence-electron chi connectivity index (χ1n) is 5.36. The molecule has 0 saturated heterocycles. The van der Waals surface area contributed by atoms with Crippen molar-refractivity contribution in [1.82, 2.24) is 5.32 Å². The second-order valence-corrected chi connectivity index (χ2v) is 4.95. The molecule has 0 fully saturated rings. The molecule has 0 unspecified atom stereocenters. The molecule has 0 bridgehead atoms. The fourth-order valence-corrected chi connectivity index (χ4v) is 2.82. The Kier molecular flexibility index (Phi) is 2.55. The molecule has 2 aromatic carbocycles. The lowest BCUT2D eigenvalue weighted by Crippen LogP contribution is -2.24. The van der Waals surface area contributed by atoms with E-state index in [-0.39, 0.29) is 0 Å². The molecule has 0 amide bonds. The van der Waals surface area contributed by atoms with Crippen LogP contribution in [0.1, 0.15) is 11.1 Å². The Morgan fingerprint density at radius 1 is 1.06 bits per heavy atom. The van der Waals surface area contributed by atoms with E-state index < -0.39 is 0 Å². The van der Waals surface area contributed by atoms with Crippen LogP contribution in [0.2, 0.25) is 10.0 Å². The molecule has 3 heteroatoms. The normalized spacial score (nSPS) is 15.1. The fraction of sp³-hybridized carbons (Fsp3) is 0.231. The maximum Gasteiger partial charge on any atom is 0.0460 e. The zero-order chi connectivity index (χ0) is 11.1. The Bertz CT molecular complexity index is 563. The lowest BCUT2D eigenvalue weighted by atomic mass is 9.94. The molecule has 2 aromatic rings. The summed E-state index contributed by atoms with van der Waals surface area (Å²) in [4.78, 5) is 0. The van der Waals surface area contributed by atoms with Crippen molar-refractivity contribution in [2.75, 3.05) is 6.54 Å². The van der Waals surface area contributed by atoms with Gasteiger partial charge in [0.1, 0.15) is 0 Å². The first-order chi connectivity index (χ1) is 7.75. The van der Waals surface area contributed by atoms with E-state index in [0.717, 1.165) is 29.6 Å². The summed E-state index contributed by atoms with van der Waals surface area (Å²) >= 11 is 12.3. The van der Waals surface area contributed by atoms with Crippen molar-refractivity contribution in [1.29, 1.82) is 0 Å². The summed E-state index contributed by atoms with van der Waals surface area (Å²) in [7, 11) is 0. The van der Waals surface area contributed by atoms with E-state index in [1.807, 2.05) is 24.3 Å². The summed E-state index contributed by atoms with van der Waals surface area (Å²) < 4.78 is 0. The maximum atomic E-state index is 6.29. The molecule has 3 rings (SSSR count). The maximum absolute atomic E-state index is 6.29. The highest BCUT2D eigenvalue weighted by Crippen LogP contribution is 2.32. The predicted molar refractivity (Wildman–Crippen MR) is 69.4 cm³/mol. The second-order valence-electron chi connectivity index (χ2n) is 4.11. The second kappa shape index (κ2) is 3.92. The van der Waals surface area contributed by atoms with Crippen molar-refractivity contribution in [2.24, 2.45) is 0 Å². The Morgan fingerprint density at radius 2 is 1.94 bits per heavy atom. The first kappa shape index (κ1) is 10.4. The number of halogens is 2. The SMILES string of the molecule is Clc1ccc2cc(Cl)c3c(c2c1)CCNC3. The molecule has 0 saturated carbocycles. The quantitative estimate of drug-likeness (QED) is 0.752. The molecule has 82 valence electrons. The zero-order valence-electron chi connectivity index (χ0n) is 8.69. The van der Waals surface area contributed by atoms with Gasteiger partial charge in [-0.3, -0.25) is 0 Å². The number of hydrogen-bond donors (Lipinski definition) is 1. The van der Waals surface area contributed by atoms with Crippen LogP contribution < -0.4 is 5.32 Å². The molecule has 1 aliphatic heterocycles. The average molecular weight is 252 g/mol. The fourth-order valence-electron chi connectivity index (χ4n) is 2.35. The number of fused-ring (bicyclic) bond motifs is 3. The third kappa shape index (κ3) is 1.60. The standard InChI is InChI=1S/C13H11Cl2N/c14-9-2-1-8-5-13(15)12-7-16-4-3-10(12)11(8)6-9/h1-2,5-6,16H,3-4,7H2. The minimum Gasteiger partial charge on any atom is -0.312 e. The first-order valence-corrected chi connectivity index (χ1v) is 6.11. The summed E-state index contributed by atoms with van der Waals surface area (Å²) in [5.41, 5.74) is 2.58. The van der Waals surface area contributed by atoms with Gasteiger partial charge in [0.15, 0.2) is 0 Å². The molecule has 1 nitrogen and oxygen atoms in total. The lowest BCUT2D eigenvalue weighted by molar-refractivity contribution is 0.647. The van der Waals surface area contributed by atoms with Gasteiger partial charge in [-0.05, 0) is 53.1 Å². The molecule has 0 atom stereocenters. The highest BCUT2D eigenvalue weighted by atomic mass is 35.5. The van der Waals surface area contributed by atoms with Crippen LogP contribution >= 0.6 is 23.2 Å². The highest BCUT2D eigenvalue weighted by molar-refractivity contribution is 6.33. The third-order valence-corrected chi connectivity index (χ3v) is 3.70. The van der Waals surface area contributed by atoms with Crippen molar-refractivity contribution < 1.29 is 0 Å². The smallest absolute Gasteiger partial charge is 0.0460 e. The van der Waals surface area contributed by atoms with Gasteiger partial charge in [0, 0.05) is 16.6 Å². The molecule has 1 heterocycles. The van der Waals surface area contributed by atoms with Crippen LogP contribution in [0.4, 0.5) is 0 Å². The van der Waals surface area contributed by atoms with Gasteiger partial charge in [-0.1, -0.05) is 29.3 Å². The van der Waals surface area contributed by atoms with Crippen LogP contribution in [-0.2, 0) is 13.0 Å². The summed E-state index contributed by atoms with van der Waals surface area (Å²) in [6, 6.07) is 8.01. The molecule has 1 aliphatic rings. The van der Waals surface area contributed by atoms with Crippen LogP contribution in [0, 0.1) is 0 Å². The van der Waals surface area contributed by atoms with Gasteiger partial charge >= 0.3 is 0 Å². The minimum absolute atomic E-state index is 0.788. The molecule has 0 radical (unpaired) electrons. The number of hydrogen-bond acceptors (Lipinski definition) is 1. The molecule has 0 aromatic heterocycles. The van der Waals surface area contributed by atoms with E-state index in [9.17, 15) is 0 Å². The van der Waals surface area contributed by atoms with E-state index >= 15 is 0 Å². The van der Waals surface area contributed by atoms with Crippen LogP contribution in [0.25, 0.3) is 10.8 Å². The van der Waals surface area contributed by atoms with E-state index in [1.165, 1.54) is 21.9 Å². The third-order valence-electron chi connectivity index (χ3n) is 3.13. The Hall–Kier alpha value is -0.760. The monoisotopic (exact) mass is 251 g/mol. The van der Waals surface area contributed by atoms with Gasteiger partial charge in [0.2, 0.25) is 0 Å². The molecule has 0 spiro atoms. The lowest BCUT2D eigenvalue weighted by Gasteiger charge is -2.20. The average Bonchev–Trinajstić information content (AvgIpc) is 2.31. The van der Waals surface area contributed by atoms with E-state index in [4.69, 9.17) is 23.2 Å². The molecule has 16 heavy (non-hydrogen) atoms. The number of benzene rings is 2. The van der Waals surface area contributed by atoms with Gasteiger partial charge < -0.3 is 5.32 Å². The van der Waals surface area contributed by atoms with E-state index in [2.05, 4.69) is 5.32 Å². The van der Waals surface area contributed by atoms with E-state index in [1.54, 1.807) is 0 Å². The molecular formula is C13H11Cl2N. The summed E-state index contributed by atoms with van der Waals surface area (Å²) in [5.74, 6) is 0. The molecular weight excluding hydrogens is 241 g/mol. The summed E-state index contributed by atoms with van der Waals surface area (Å²) in [6.45, 7) is 1.87. The van der Waals surface area contributed by atoms with Crippen molar-refractivity contribution in [3.8, 4) is 0 Å². The zero-order valence-corrected chi connectivity index (χ0v) is 10.2. The van der Waals surface area contributed by atoms with Crippen molar-refractivity contribution in [3.05, 3.63) is 45.4 Å².